The van der Waals surface area contributed by atoms with E-state index in [0.29, 0.717) is 12.0 Å². The van der Waals surface area contributed by atoms with Crippen molar-refractivity contribution in [2.24, 2.45) is 0 Å². The Labute approximate surface area is 257 Å². The molecule has 2 atom stereocenters. The SMILES string of the molecule is CC(C)OP(=O)(CCc1ccccc1)OC(=O)[C@H](Cc1ccc(O)cc1)NC(=O)OCC1c2ccccc2-c2ccccc21. The van der Waals surface area contributed by atoms with Gasteiger partial charge in [-0.15, -0.1) is 0 Å². The number of fused-ring (bicyclic) bond motifs is 3. The molecule has 8 nitrogen and oxygen atoms in total. The van der Waals surface area contributed by atoms with Crippen molar-refractivity contribution in [2.75, 3.05) is 12.8 Å². The number of rotatable bonds is 12. The first-order valence-corrected chi connectivity index (χ1v) is 16.4. The summed E-state index contributed by atoms with van der Waals surface area (Å²) in [5.41, 5.74) is 5.89. The molecule has 0 heterocycles. The van der Waals surface area contributed by atoms with Crippen LogP contribution in [0.1, 0.15) is 42.0 Å². The summed E-state index contributed by atoms with van der Waals surface area (Å²) >= 11 is 0. The van der Waals surface area contributed by atoms with Crippen LogP contribution in [0.3, 0.4) is 0 Å². The highest BCUT2D eigenvalue weighted by atomic mass is 31.2. The molecular weight excluding hydrogens is 577 g/mol. The number of phenolic OH excluding ortho intramolecular Hbond substituents is 1. The van der Waals surface area contributed by atoms with Gasteiger partial charge in [0, 0.05) is 12.3 Å². The van der Waals surface area contributed by atoms with Gasteiger partial charge >= 0.3 is 19.7 Å². The highest BCUT2D eigenvalue weighted by Crippen LogP contribution is 2.50. The van der Waals surface area contributed by atoms with Crippen LogP contribution in [0, 0.1) is 0 Å². The van der Waals surface area contributed by atoms with Gasteiger partial charge in [-0.3, -0.25) is 4.52 Å². The predicted octanol–water partition coefficient (Wildman–Crippen LogP) is 7.25. The van der Waals surface area contributed by atoms with Gasteiger partial charge in [-0.25, -0.2) is 14.2 Å². The molecule has 0 aliphatic heterocycles. The molecule has 0 saturated heterocycles. The van der Waals surface area contributed by atoms with Gasteiger partial charge in [-0.2, -0.15) is 0 Å². The average molecular weight is 614 g/mol. The van der Waals surface area contributed by atoms with E-state index in [1.54, 1.807) is 26.0 Å². The second-order valence-electron chi connectivity index (χ2n) is 11.0. The maximum absolute atomic E-state index is 13.8. The van der Waals surface area contributed by atoms with Gasteiger partial charge in [0.05, 0.1) is 12.3 Å². The van der Waals surface area contributed by atoms with Crippen LogP contribution in [0.2, 0.25) is 0 Å². The third-order valence-electron chi connectivity index (χ3n) is 7.41. The first-order chi connectivity index (χ1) is 21.2. The Bertz CT molecular complexity index is 1590. The van der Waals surface area contributed by atoms with E-state index in [2.05, 4.69) is 5.32 Å². The van der Waals surface area contributed by atoms with E-state index in [0.717, 1.165) is 27.8 Å². The van der Waals surface area contributed by atoms with Crippen LogP contribution in [0.25, 0.3) is 11.1 Å². The zero-order valence-corrected chi connectivity index (χ0v) is 25.6. The average Bonchev–Trinajstić information content (AvgIpc) is 3.33. The topological polar surface area (TPSA) is 111 Å². The first-order valence-electron chi connectivity index (χ1n) is 14.6. The molecule has 1 unspecified atom stereocenters. The zero-order valence-electron chi connectivity index (χ0n) is 24.7. The Hall–Kier alpha value is -4.39. The molecule has 0 aromatic heterocycles. The van der Waals surface area contributed by atoms with Crippen LogP contribution in [0.4, 0.5) is 4.79 Å². The number of aryl methyl sites for hydroxylation is 1. The molecule has 1 aliphatic carbocycles. The molecule has 4 aromatic rings. The van der Waals surface area contributed by atoms with Crippen molar-refractivity contribution in [1.82, 2.24) is 5.32 Å². The molecule has 2 N–H and O–H groups in total. The van der Waals surface area contributed by atoms with E-state index >= 15 is 0 Å². The number of hydrogen-bond acceptors (Lipinski definition) is 7. The number of benzene rings is 4. The summed E-state index contributed by atoms with van der Waals surface area (Å²) in [6, 6.07) is 30.5. The summed E-state index contributed by atoms with van der Waals surface area (Å²) in [5.74, 6) is -0.995. The van der Waals surface area contributed by atoms with Gasteiger partial charge in [0.25, 0.3) is 0 Å². The standard InChI is InChI=1S/C35H36NO7P/c1-24(2)42-44(40,21-20-25-10-4-3-5-11-25)43-34(38)33(22-26-16-18-27(37)19-17-26)36-35(39)41-23-32-30-14-8-6-12-28(30)29-13-7-9-15-31(29)32/h3-19,24,32-33,37H,20-23H2,1-2H3,(H,36,39)/t33-,44?/m0/s1. The molecule has 1 amide bonds. The molecule has 0 bridgehead atoms. The van der Waals surface area contributed by atoms with Gasteiger partial charge in [-0.1, -0.05) is 91.0 Å². The highest BCUT2D eigenvalue weighted by Gasteiger charge is 2.35. The normalized spacial score (nSPS) is 14.2. The molecule has 1 aliphatic rings. The van der Waals surface area contributed by atoms with Crippen LogP contribution in [-0.2, 0) is 36.0 Å². The summed E-state index contributed by atoms with van der Waals surface area (Å²) in [5, 5.41) is 12.3. The fourth-order valence-electron chi connectivity index (χ4n) is 5.40. The predicted molar refractivity (Wildman–Crippen MR) is 169 cm³/mol. The van der Waals surface area contributed by atoms with Crippen LogP contribution in [0.15, 0.2) is 103 Å². The van der Waals surface area contributed by atoms with E-state index in [-0.39, 0.29) is 30.9 Å². The quantitative estimate of drug-likeness (QED) is 0.162. The van der Waals surface area contributed by atoms with Crippen molar-refractivity contribution in [3.8, 4) is 16.9 Å². The van der Waals surface area contributed by atoms with Gasteiger partial charge in [-0.05, 0) is 65.8 Å². The zero-order chi connectivity index (χ0) is 31.1. The van der Waals surface area contributed by atoms with Crippen molar-refractivity contribution in [3.63, 3.8) is 0 Å². The van der Waals surface area contributed by atoms with Crippen LogP contribution in [-0.4, -0.2) is 42.1 Å². The monoisotopic (exact) mass is 613 g/mol. The van der Waals surface area contributed by atoms with Gasteiger partial charge in [0.1, 0.15) is 18.4 Å². The van der Waals surface area contributed by atoms with E-state index in [1.165, 1.54) is 12.1 Å². The molecule has 0 radical (unpaired) electrons. The maximum Gasteiger partial charge on any atom is 0.407 e. The summed E-state index contributed by atoms with van der Waals surface area (Å²) in [6.45, 7) is 3.49. The molecule has 5 rings (SSSR count). The second kappa shape index (κ2) is 13.9. The summed E-state index contributed by atoms with van der Waals surface area (Å²) < 4.78 is 30.7. The van der Waals surface area contributed by atoms with Crippen LogP contribution in [0.5, 0.6) is 5.75 Å². The lowest BCUT2D eigenvalue weighted by molar-refractivity contribution is -0.137. The molecule has 0 spiro atoms. The molecule has 9 heteroatoms. The lowest BCUT2D eigenvalue weighted by Crippen LogP contribution is -2.43. The highest BCUT2D eigenvalue weighted by molar-refractivity contribution is 7.54. The fourth-order valence-corrected chi connectivity index (χ4v) is 7.21. The Morgan fingerprint density at radius 2 is 1.41 bits per heavy atom. The van der Waals surface area contributed by atoms with Gasteiger partial charge in [0.2, 0.25) is 0 Å². The lowest BCUT2D eigenvalue weighted by Gasteiger charge is -2.24. The third kappa shape index (κ3) is 7.76. The number of phenols is 1. The second-order valence-corrected chi connectivity index (χ2v) is 13.1. The molecule has 4 aromatic carbocycles. The number of carbonyl (C=O) groups is 2. The Morgan fingerprint density at radius 1 is 0.818 bits per heavy atom. The maximum atomic E-state index is 13.8. The Morgan fingerprint density at radius 3 is 2.02 bits per heavy atom. The fraction of sp³-hybridized carbons (Fsp3) is 0.257. The number of aromatic hydroxyl groups is 1. The van der Waals surface area contributed by atoms with Gasteiger partial charge < -0.3 is 19.7 Å². The molecule has 0 saturated carbocycles. The van der Waals surface area contributed by atoms with E-state index in [1.807, 2.05) is 78.9 Å². The van der Waals surface area contributed by atoms with E-state index < -0.39 is 31.8 Å². The number of alkyl carbamates (subject to hydrolysis) is 1. The number of ether oxygens (including phenoxy) is 1. The minimum absolute atomic E-state index is 0.0161. The summed E-state index contributed by atoms with van der Waals surface area (Å²) in [4.78, 5) is 26.7. The molecule has 228 valence electrons. The van der Waals surface area contributed by atoms with Crippen molar-refractivity contribution in [3.05, 3.63) is 125 Å². The summed E-state index contributed by atoms with van der Waals surface area (Å²) in [6.07, 6.45) is -0.895. The first kappa shape index (κ1) is 31.0. The number of amides is 1. The lowest BCUT2D eigenvalue weighted by atomic mass is 9.98. The van der Waals surface area contributed by atoms with E-state index in [9.17, 15) is 19.3 Å². The van der Waals surface area contributed by atoms with Crippen molar-refractivity contribution in [1.29, 1.82) is 0 Å². The molecular formula is C35H36NO7P. The van der Waals surface area contributed by atoms with Crippen molar-refractivity contribution < 1.29 is 33.0 Å². The smallest absolute Gasteiger partial charge is 0.407 e. The minimum Gasteiger partial charge on any atom is -0.508 e. The Kier molecular flexibility index (Phi) is 9.83. The minimum atomic E-state index is -3.89. The van der Waals surface area contributed by atoms with Crippen molar-refractivity contribution in [2.45, 2.75) is 44.8 Å². The largest absolute Gasteiger partial charge is 0.508 e. The number of carbonyl (C=O) groups excluding carboxylic acids is 2. The van der Waals surface area contributed by atoms with E-state index in [4.69, 9.17) is 13.8 Å². The number of hydrogen-bond donors (Lipinski definition) is 2. The molecule has 44 heavy (non-hydrogen) atoms. The van der Waals surface area contributed by atoms with Crippen LogP contribution < -0.4 is 5.32 Å². The summed E-state index contributed by atoms with van der Waals surface area (Å²) in [7, 11) is -3.89. The van der Waals surface area contributed by atoms with Crippen molar-refractivity contribution >= 4 is 19.7 Å². The van der Waals surface area contributed by atoms with Crippen LogP contribution >= 0.6 is 7.60 Å². The third-order valence-corrected chi connectivity index (χ3v) is 9.39. The Balaban J connectivity index is 1.31. The number of nitrogens with one attached hydrogen (secondary N) is 1. The van der Waals surface area contributed by atoms with Gasteiger partial charge in [0.15, 0.2) is 0 Å². The molecule has 0 fully saturated rings.